The molecule has 3 N–H and O–H groups in total. The Bertz CT molecular complexity index is 601. The first-order valence-electron chi connectivity index (χ1n) is 5.65. The molecule has 1 heterocycles. The Morgan fingerprint density at radius 1 is 1.33 bits per heavy atom. The zero-order valence-corrected chi connectivity index (χ0v) is 9.99. The van der Waals surface area contributed by atoms with Gasteiger partial charge in [-0.1, -0.05) is 11.6 Å². The van der Waals surface area contributed by atoms with E-state index in [4.69, 9.17) is 5.11 Å². The molecule has 0 unspecified atom stereocenters. The van der Waals surface area contributed by atoms with Gasteiger partial charge in [0.05, 0.1) is 6.42 Å². The topological polar surface area (TPSA) is 82.2 Å². The zero-order chi connectivity index (χ0) is 13.1. The molecule has 2 rings (SSSR count). The van der Waals surface area contributed by atoms with Crippen LogP contribution in [0.5, 0.6) is 0 Å². The minimum absolute atomic E-state index is 0.0783. The lowest BCUT2D eigenvalue weighted by Gasteiger charge is -2.00. The highest BCUT2D eigenvalue weighted by atomic mass is 16.4. The highest BCUT2D eigenvalue weighted by Gasteiger charge is 2.09. The number of aliphatic carboxylic acids is 1. The van der Waals surface area contributed by atoms with Crippen LogP contribution in [0.2, 0.25) is 0 Å². The van der Waals surface area contributed by atoms with Crippen molar-refractivity contribution in [3.8, 4) is 0 Å². The van der Waals surface area contributed by atoms with Crippen LogP contribution in [0.3, 0.4) is 0 Å². The molecule has 0 bridgehead atoms. The summed E-state index contributed by atoms with van der Waals surface area (Å²) in [6.07, 6.45) is -0.0783. The number of H-pyrrole nitrogens is 1. The lowest BCUT2D eigenvalue weighted by atomic mass is 10.2. The molecule has 1 amide bonds. The maximum Gasteiger partial charge on any atom is 0.305 e. The molecule has 0 radical (unpaired) electrons. The van der Waals surface area contributed by atoms with Gasteiger partial charge in [0.2, 0.25) is 0 Å². The summed E-state index contributed by atoms with van der Waals surface area (Å²) in [6, 6.07) is 7.63. The molecule has 0 spiro atoms. The maximum absolute atomic E-state index is 11.7. The van der Waals surface area contributed by atoms with Gasteiger partial charge in [0.25, 0.3) is 5.91 Å². The summed E-state index contributed by atoms with van der Waals surface area (Å²) in [5.74, 6) is -1.22. The van der Waals surface area contributed by atoms with Crippen molar-refractivity contribution in [1.29, 1.82) is 0 Å². The monoisotopic (exact) mass is 246 g/mol. The van der Waals surface area contributed by atoms with Gasteiger partial charge in [0.1, 0.15) is 5.69 Å². The molecule has 0 saturated heterocycles. The Hall–Kier alpha value is -2.30. The molecule has 5 nitrogen and oxygen atoms in total. The third-order valence-corrected chi connectivity index (χ3v) is 2.65. The zero-order valence-electron chi connectivity index (χ0n) is 9.99. The van der Waals surface area contributed by atoms with E-state index in [1.165, 1.54) is 0 Å². The van der Waals surface area contributed by atoms with Gasteiger partial charge in [-0.15, -0.1) is 0 Å². The lowest BCUT2D eigenvalue weighted by molar-refractivity contribution is -0.136. The van der Waals surface area contributed by atoms with Crippen LogP contribution >= 0.6 is 0 Å². The number of carbonyl (C=O) groups is 2. The van der Waals surface area contributed by atoms with Gasteiger partial charge >= 0.3 is 5.97 Å². The van der Waals surface area contributed by atoms with Crippen molar-refractivity contribution in [2.45, 2.75) is 13.3 Å². The second-order valence-corrected chi connectivity index (χ2v) is 4.17. The van der Waals surface area contributed by atoms with Crippen LogP contribution in [0.15, 0.2) is 24.3 Å². The van der Waals surface area contributed by atoms with Gasteiger partial charge in [0, 0.05) is 17.4 Å². The van der Waals surface area contributed by atoms with E-state index in [1.807, 2.05) is 25.1 Å². The highest BCUT2D eigenvalue weighted by Crippen LogP contribution is 2.16. The number of aromatic amines is 1. The van der Waals surface area contributed by atoms with Crippen molar-refractivity contribution >= 4 is 22.8 Å². The predicted molar refractivity (Wildman–Crippen MR) is 67.6 cm³/mol. The van der Waals surface area contributed by atoms with Crippen LogP contribution in [0.1, 0.15) is 22.5 Å². The van der Waals surface area contributed by atoms with Crippen LogP contribution in [0.25, 0.3) is 10.9 Å². The third-order valence-electron chi connectivity index (χ3n) is 2.65. The number of rotatable bonds is 4. The molecule has 1 aromatic carbocycles. The number of nitrogens with one attached hydrogen (secondary N) is 2. The first kappa shape index (κ1) is 12.2. The molecule has 2 aromatic rings. The average Bonchev–Trinajstić information content (AvgIpc) is 2.71. The number of carbonyl (C=O) groups excluding carboxylic acids is 1. The minimum Gasteiger partial charge on any atom is -0.481 e. The quantitative estimate of drug-likeness (QED) is 0.767. The van der Waals surface area contributed by atoms with E-state index in [-0.39, 0.29) is 18.9 Å². The SMILES string of the molecule is Cc1ccc2[nH]c(C(=O)NCCC(=O)O)cc2c1. The molecule has 1 aromatic heterocycles. The standard InChI is InChI=1S/C13H14N2O3/c1-8-2-3-10-9(6-8)7-11(15-10)13(18)14-5-4-12(16)17/h2-3,6-7,15H,4-5H2,1H3,(H,14,18)(H,16,17). The fourth-order valence-corrected chi connectivity index (χ4v) is 1.75. The number of hydrogen-bond acceptors (Lipinski definition) is 2. The first-order chi connectivity index (χ1) is 8.56. The fraction of sp³-hybridized carbons (Fsp3) is 0.231. The van der Waals surface area contributed by atoms with E-state index in [0.717, 1.165) is 16.5 Å². The second kappa shape index (κ2) is 4.91. The van der Waals surface area contributed by atoms with Crippen molar-refractivity contribution in [3.05, 3.63) is 35.5 Å². The number of amides is 1. The molecule has 5 heteroatoms. The van der Waals surface area contributed by atoms with Crippen LogP contribution < -0.4 is 5.32 Å². The number of carboxylic acids is 1. The molecule has 18 heavy (non-hydrogen) atoms. The van der Waals surface area contributed by atoms with E-state index < -0.39 is 5.97 Å². The molecular formula is C13H14N2O3. The number of aryl methyl sites for hydroxylation is 1. The molecule has 94 valence electrons. The van der Waals surface area contributed by atoms with E-state index in [0.29, 0.717) is 5.69 Å². The van der Waals surface area contributed by atoms with Gasteiger partial charge < -0.3 is 15.4 Å². The smallest absolute Gasteiger partial charge is 0.305 e. The summed E-state index contributed by atoms with van der Waals surface area (Å²) in [5.41, 5.74) is 2.46. The number of aromatic nitrogens is 1. The maximum atomic E-state index is 11.7. The minimum atomic E-state index is -0.928. The van der Waals surface area contributed by atoms with Gasteiger partial charge in [-0.3, -0.25) is 9.59 Å². The number of fused-ring (bicyclic) bond motifs is 1. The summed E-state index contributed by atoms with van der Waals surface area (Å²) >= 11 is 0. The fourth-order valence-electron chi connectivity index (χ4n) is 1.75. The Balaban J connectivity index is 2.10. The number of hydrogen-bond donors (Lipinski definition) is 3. The lowest BCUT2D eigenvalue weighted by Crippen LogP contribution is -2.26. The van der Waals surface area contributed by atoms with Crippen molar-refractivity contribution in [1.82, 2.24) is 10.3 Å². The summed E-state index contributed by atoms with van der Waals surface area (Å²) < 4.78 is 0. The van der Waals surface area contributed by atoms with Crippen LogP contribution in [0, 0.1) is 6.92 Å². The molecule has 0 saturated carbocycles. The first-order valence-corrected chi connectivity index (χ1v) is 5.65. The van der Waals surface area contributed by atoms with Crippen LogP contribution in [-0.2, 0) is 4.79 Å². The Morgan fingerprint density at radius 3 is 2.83 bits per heavy atom. The Labute approximate surface area is 104 Å². The van der Waals surface area contributed by atoms with Gasteiger partial charge in [-0.25, -0.2) is 0 Å². The van der Waals surface area contributed by atoms with E-state index >= 15 is 0 Å². The van der Waals surface area contributed by atoms with Gasteiger partial charge in [-0.05, 0) is 25.1 Å². The molecule has 0 aliphatic heterocycles. The summed E-state index contributed by atoms with van der Waals surface area (Å²) in [6.45, 7) is 2.11. The van der Waals surface area contributed by atoms with Crippen LogP contribution in [0.4, 0.5) is 0 Å². The van der Waals surface area contributed by atoms with E-state index in [1.54, 1.807) is 6.07 Å². The Kier molecular flexibility index (Phi) is 3.32. The summed E-state index contributed by atoms with van der Waals surface area (Å²) in [7, 11) is 0. The van der Waals surface area contributed by atoms with Crippen molar-refractivity contribution in [2.24, 2.45) is 0 Å². The van der Waals surface area contributed by atoms with E-state index in [2.05, 4.69) is 10.3 Å². The van der Waals surface area contributed by atoms with Crippen LogP contribution in [-0.4, -0.2) is 28.5 Å². The summed E-state index contributed by atoms with van der Waals surface area (Å²) in [5, 5.41) is 12.0. The summed E-state index contributed by atoms with van der Waals surface area (Å²) in [4.78, 5) is 25.1. The third kappa shape index (κ3) is 2.68. The molecular weight excluding hydrogens is 232 g/mol. The van der Waals surface area contributed by atoms with Crippen molar-refractivity contribution in [2.75, 3.05) is 6.54 Å². The predicted octanol–water partition coefficient (Wildman–Crippen LogP) is 1.68. The van der Waals surface area contributed by atoms with Gasteiger partial charge in [-0.2, -0.15) is 0 Å². The molecule has 0 aliphatic carbocycles. The van der Waals surface area contributed by atoms with Crippen molar-refractivity contribution in [3.63, 3.8) is 0 Å². The largest absolute Gasteiger partial charge is 0.481 e. The highest BCUT2D eigenvalue weighted by molar-refractivity contribution is 5.98. The molecule has 0 fully saturated rings. The normalized spacial score (nSPS) is 10.5. The second-order valence-electron chi connectivity index (χ2n) is 4.17. The Morgan fingerprint density at radius 2 is 2.11 bits per heavy atom. The number of carboxylic acid groups (broad SMARTS) is 1. The number of benzene rings is 1. The van der Waals surface area contributed by atoms with Crippen molar-refractivity contribution < 1.29 is 14.7 Å². The van der Waals surface area contributed by atoms with Gasteiger partial charge in [0.15, 0.2) is 0 Å². The molecule has 0 atom stereocenters. The average molecular weight is 246 g/mol. The molecule has 0 aliphatic rings. The van der Waals surface area contributed by atoms with E-state index in [9.17, 15) is 9.59 Å².